The molecule has 1 saturated heterocycles. The maximum Gasteiger partial charge on any atom is 0.312 e. The molecule has 2 unspecified atom stereocenters. The van der Waals surface area contributed by atoms with Crippen molar-refractivity contribution in [3.8, 4) is 0 Å². The van der Waals surface area contributed by atoms with Gasteiger partial charge < -0.3 is 19.3 Å². The molecule has 2 atom stereocenters. The Morgan fingerprint density at radius 2 is 1.96 bits per heavy atom. The summed E-state index contributed by atoms with van der Waals surface area (Å²) in [4.78, 5) is 40.2. The number of nitrogens with zero attached hydrogens (tertiary/aromatic N) is 2. The number of hydrogen-bond acceptors (Lipinski definition) is 4. The Hall–Kier alpha value is -3.09. The Morgan fingerprint density at radius 1 is 1.15 bits per heavy atom. The number of carbonyl (C=O) groups excluding carboxylic acids is 2. The second kappa shape index (κ2) is 6.90. The van der Waals surface area contributed by atoms with Crippen LogP contribution in [-0.4, -0.2) is 45.8 Å². The highest BCUT2D eigenvalue weighted by atomic mass is 16.4. The average Bonchev–Trinajstić information content (AvgIpc) is 3.30. The van der Waals surface area contributed by atoms with Gasteiger partial charge in [0.25, 0.3) is 0 Å². The molecule has 27 heavy (non-hydrogen) atoms. The zero-order valence-corrected chi connectivity index (χ0v) is 14.7. The highest BCUT2D eigenvalue weighted by molar-refractivity contribution is 5.90. The highest BCUT2D eigenvalue weighted by Gasteiger charge is 2.40. The largest absolute Gasteiger partial charge is 0.481 e. The molecule has 4 rings (SSSR count). The van der Waals surface area contributed by atoms with Crippen LogP contribution < -0.4 is 0 Å². The summed E-state index contributed by atoms with van der Waals surface area (Å²) in [6.07, 6.45) is 1.70. The number of rotatable bonds is 4. The molecule has 0 spiro atoms. The summed E-state index contributed by atoms with van der Waals surface area (Å²) in [6.45, 7) is 1.18. The number of carbonyl (C=O) groups is 3. The van der Waals surface area contributed by atoms with Gasteiger partial charge in [0.15, 0.2) is 0 Å². The van der Waals surface area contributed by atoms with Crippen molar-refractivity contribution in [2.75, 3.05) is 13.1 Å². The van der Waals surface area contributed by atoms with Crippen molar-refractivity contribution in [3.05, 3.63) is 59.5 Å². The van der Waals surface area contributed by atoms with Crippen molar-refractivity contribution in [2.24, 2.45) is 5.92 Å². The molecular formula is C20H20N2O5. The number of aliphatic carboxylic acids is 1. The lowest BCUT2D eigenvalue weighted by atomic mass is 9.89. The van der Waals surface area contributed by atoms with Gasteiger partial charge >= 0.3 is 5.97 Å². The zero-order chi connectivity index (χ0) is 19.0. The highest BCUT2D eigenvalue weighted by Crippen LogP contribution is 2.31. The van der Waals surface area contributed by atoms with E-state index in [1.165, 1.54) is 0 Å². The third-order valence-corrected chi connectivity index (χ3v) is 5.29. The summed E-state index contributed by atoms with van der Waals surface area (Å²) in [6, 6.07) is 10.9. The van der Waals surface area contributed by atoms with Gasteiger partial charge in [0, 0.05) is 26.1 Å². The van der Waals surface area contributed by atoms with E-state index >= 15 is 0 Å². The molecular weight excluding hydrogens is 348 g/mol. The van der Waals surface area contributed by atoms with Crippen LogP contribution in [0.15, 0.2) is 47.1 Å². The molecule has 1 aromatic heterocycles. The maximum atomic E-state index is 13.0. The van der Waals surface area contributed by atoms with Gasteiger partial charge in [-0.05, 0) is 23.3 Å². The topological polar surface area (TPSA) is 91.1 Å². The second-order valence-corrected chi connectivity index (χ2v) is 7.06. The SMILES string of the molecule is O=C(O)C1CN(C(=O)C2CC(=O)N(Cc3ccco3)C2)Cc2ccccc21. The molecule has 2 aromatic rings. The number of amides is 2. The molecule has 2 aliphatic heterocycles. The lowest BCUT2D eigenvalue weighted by Crippen LogP contribution is -2.43. The molecule has 1 aromatic carbocycles. The van der Waals surface area contributed by atoms with Crippen LogP contribution in [0.5, 0.6) is 0 Å². The fourth-order valence-electron chi connectivity index (χ4n) is 3.93. The van der Waals surface area contributed by atoms with Crippen LogP contribution in [0.1, 0.15) is 29.2 Å². The van der Waals surface area contributed by atoms with Gasteiger partial charge in [-0.15, -0.1) is 0 Å². The number of carboxylic acids is 1. The number of likely N-dealkylation sites (tertiary alicyclic amines) is 1. The zero-order valence-electron chi connectivity index (χ0n) is 14.7. The van der Waals surface area contributed by atoms with Crippen LogP contribution in [0, 0.1) is 5.92 Å². The monoisotopic (exact) mass is 368 g/mol. The van der Waals surface area contributed by atoms with E-state index in [-0.39, 0.29) is 24.8 Å². The molecule has 1 N–H and O–H groups in total. The summed E-state index contributed by atoms with van der Waals surface area (Å²) >= 11 is 0. The molecule has 0 saturated carbocycles. The van der Waals surface area contributed by atoms with Crippen molar-refractivity contribution >= 4 is 17.8 Å². The van der Waals surface area contributed by atoms with Gasteiger partial charge in [-0.2, -0.15) is 0 Å². The number of hydrogen-bond donors (Lipinski definition) is 1. The fraction of sp³-hybridized carbons (Fsp3) is 0.350. The van der Waals surface area contributed by atoms with E-state index in [9.17, 15) is 19.5 Å². The third kappa shape index (κ3) is 3.32. The summed E-state index contributed by atoms with van der Waals surface area (Å²) in [5.41, 5.74) is 1.61. The summed E-state index contributed by atoms with van der Waals surface area (Å²) in [7, 11) is 0. The third-order valence-electron chi connectivity index (χ3n) is 5.29. The second-order valence-electron chi connectivity index (χ2n) is 7.06. The first-order valence-corrected chi connectivity index (χ1v) is 8.92. The molecule has 7 heteroatoms. The Balaban J connectivity index is 1.48. The quantitative estimate of drug-likeness (QED) is 0.889. The molecule has 0 aliphatic carbocycles. The van der Waals surface area contributed by atoms with E-state index in [0.717, 1.165) is 11.1 Å². The molecule has 140 valence electrons. The van der Waals surface area contributed by atoms with Gasteiger partial charge in [-0.3, -0.25) is 14.4 Å². The van der Waals surface area contributed by atoms with E-state index in [1.807, 2.05) is 18.2 Å². The molecule has 3 heterocycles. The van der Waals surface area contributed by atoms with Crippen LogP contribution in [0.3, 0.4) is 0 Å². The summed E-state index contributed by atoms with van der Waals surface area (Å²) < 4.78 is 5.28. The summed E-state index contributed by atoms with van der Waals surface area (Å²) in [5.74, 6) is -1.71. The number of benzene rings is 1. The standard InChI is InChI=1S/C20H20N2O5/c23-18-8-14(10-21(18)11-15-5-3-7-27-15)19(24)22-9-13-4-1-2-6-16(13)17(12-22)20(25)26/h1-7,14,17H,8-12H2,(H,25,26). The molecule has 0 radical (unpaired) electrons. The first kappa shape index (κ1) is 17.3. The first-order valence-electron chi connectivity index (χ1n) is 8.92. The Kier molecular flexibility index (Phi) is 4.43. The molecule has 0 bridgehead atoms. The number of fused-ring (bicyclic) bond motifs is 1. The van der Waals surface area contributed by atoms with Gasteiger partial charge in [0.2, 0.25) is 11.8 Å². The number of furan rings is 1. The Morgan fingerprint density at radius 3 is 2.70 bits per heavy atom. The van der Waals surface area contributed by atoms with Crippen molar-refractivity contribution in [3.63, 3.8) is 0 Å². The van der Waals surface area contributed by atoms with Crippen LogP contribution in [-0.2, 0) is 27.5 Å². The van der Waals surface area contributed by atoms with Crippen LogP contribution >= 0.6 is 0 Å². The van der Waals surface area contributed by atoms with E-state index in [1.54, 1.807) is 34.3 Å². The summed E-state index contributed by atoms with van der Waals surface area (Å²) in [5, 5.41) is 9.57. The van der Waals surface area contributed by atoms with E-state index < -0.39 is 17.8 Å². The van der Waals surface area contributed by atoms with Gasteiger partial charge in [-0.1, -0.05) is 24.3 Å². The van der Waals surface area contributed by atoms with Crippen molar-refractivity contribution in [1.29, 1.82) is 0 Å². The Bertz CT molecular complexity index is 876. The first-order chi connectivity index (χ1) is 13.0. The van der Waals surface area contributed by atoms with Gasteiger partial charge in [0.1, 0.15) is 5.76 Å². The van der Waals surface area contributed by atoms with Crippen molar-refractivity contribution in [2.45, 2.75) is 25.4 Å². The van der Waals surface area contributed by atoms with Gasteiger partial charge in [-0.25, -0.2) is 0 Å². The molecule has 2 aliphatic rings. The van der Waals surface area contributed by atoms with Crippen molar-refractivity contribution < 1.29 is 23.9 Å². The van der Waals surface area contributed by atoms with Crippen LogP contribution in [0.25, 0.3) is 0 Å². The van der Waals surface area contributed by atoms with E-state index in [0.29, 0.717) is 25.4 Å². The maximum absolute atomic E-state index is 13.0. The molecule has 7 nitrogen and oxygen atoms in total. The minimum absolute atomic E-state index is 0.0862. The minimum atomic E-state index is -0.943. The van der Waals surface area contributed by atoms with E-state index in [4.69, 9.17) is 4.42 Å². The fourth-order valence-corrected chi connectivity index (χ4v) is 3.93. The Labute approximate surface area is 156 Å². The van der Waals surface area contributed by atoms with Crippen LogP contribution in [0.4, 0.5) is 0 Å². The smallest absolute Gasteiger partial charge is 0.312 e. The number of carboxylic acid groups (broad SMARTS) is 1. The van der Waals surface area contributed by atoms with Crippen LogP contribution in [0.2, 0.25) is 0 Å². The van der Waals surface area contributed by atoms with Crippen molar-refractivity contribution in [1.82, 2.24) is 9.80 Å². The lowest BCUT2D eigenvalue weighted by Gasteiger charge is -2.34. The normalized spacial score (nSPS) is 22.0. The van der Waals surface area contributed by atoms with E-state index in [2.05, 4.69) is 0 Å². The molecule has 1 fully saturated rings. The predicted molar refractivity (Wildman–Crippen MR) is 94.5 cm³/mol. The minimum Gasteiger partial charge on any atom is -0.481 e. The lowest BCUT2D eigenvalue weighted by molar-refractivity contribution is -0.142. The molecule has 2 amide bonds. The van der Waals surface area contributed by atoms with Gasteiger partial charge in [0.05, 0.1) is 24.6 Å². The predicted octanol–water partition coefficient (Wildman–Crippen LogP) is 1.84. The average molecular weight is 368 g/mol.